The summed E-state index contributed by atoms with van der Waals surface area (Å²) < 4.78 is 15.4. The Balaban J connectivity index is 1.61. The number of aryl methyl sites for hydroxylation is 1. The van der Waals surface area contributed by atoms with E-state index < -0.39 is 5.97 Å². The van der Waals surface area contributed by atoms with Gasteiger partial charge in [0.05, 0.1) is 18.7 Å². The number of oxazole rings is 1. The minimum Gasteiger partial charge on any atom is -0.462 e. The minimum absolute atomic E-state index is 0.0594. The molecule has 1 aromatic carbocycles. The van der Waals surface area contributed by atoms with Crippen LogP contribution in [0.5, 0.6) is 0 Å². The van der Waals surface area contributed by atoms with Crippen LogP contribution in [0, 0.1) is 5.92 Å². The van der Waals surface area contributed by atoms with Gasteiger partial charge in [-0.25, -0.2) is 9.78 Å². The molecule has 0 N–H and O–H groups in total. The van der Waals surface area contributed by atoms with Crippen LogP contribution in [-0.4, -0.2) is 24.0 Å². The summed E-state index contributed by atoms with van der Waals surface area (Å²) in [4.78, 5) is 27.8. The van der Waals surface area contributed by atoms with E-state index in [9.17, 15) is 9.59 Å². The molecule has 0 amide bonds. The molecular weight excluding hydrogens is 298 g/mol. The molecule has 1 atom stereocenters. The van der Waals surface area contributed by atoms with Crippen LogP contribution < -0.4 is 0 Å². The van der Waals surface area contributed by atoms with Crippen molar-refractivity contribution >= 4 is 11.9 Å². The monoisotopic (exact) mass is 315 g/mol. The molecule has 6 nitrogen and oxygen atoms in total. The second-order valence-electron chi connectivity index (χ2n) is 5.41. The number of aromatic nitrogens is 1. The fraction of sp³-hybridized carbons (Fsp3) is 0.353. The number of benzene rings is 1. The number of hydrogen-bond donors (Lipinski definition) is 0. The summed E-state index contributed by atoms with van der Waals surface area (Å²) in [7, 11) is 1.27. The Labute approximate surface area is 133 Å². The van der Waals surface area contributed by atoms with Crippen LogP contribution in [-0.2, 0) is 33.7 Å². The molecule has 1 aliphatic rings. The van der Waals surface area contributed by atoms with Crippen LogP contribution in [0.2, 0.25) is 0 Å². The molecule has 0 fully saturated rings. The van der Waals surface area contributed by atoms with Crippen LogP contribution in [0.15, 0.2) is 34.7 Å². The quantitative estimate of drug-likeness (QED) is 0.806. The Morgan fingerprint density at radius 3 is 2.83 bits per heavy atom. The molecule has 2 aromatic rings. The van der Waals surface area contributed by atoms with Crippen LogP contribution in [0.4, 0.5) is 0 Å². The van der Waals surface area contributed by atoms with Crippen molar-refractivity contribution in [3.8, 4) is 0 Å². The maximum atomic E-state index is 12.2. The molecule has 3 rings (SSSR count). The average molecular weight is 315 g/mol. The molecule has 1 unspecified atom stereocenters. The van der Waals surface area contributed by atoms with Gasteiger partial charge in [-0.3, -0.25) is 4.79 Å². The molecule has 0 bridgehead atoms. The van der Waals surface area contributed by atoms with Gasteiger partial charge in [0.15, 0.2) is 0 Å². The molecule has 6 heteroatoms. The Hall–Kier alpha value is -2.63. The molecule has 0 saturated heterocycles. The van der Waals surface area contributed by atoms with Crippen molar-refractivity contribution in [1.29, 1.82) is 0 Å². The summed E-state index contributed by atoms with van der Waals surface area (Å²) in [6.07, 6.45) is 1.61. The lowest BCUT2D eigenvalue weighted by molar-refractivity contribution is -0.150. The third-order valence-electron chi connectivity index (χ3n) is 3.86. The van der Waals surface area contributed by atoms with Crippen LogP contribution in [0.3, 0.4) is 0 Å². The molecule has 1 heterocycles. The molecule has 0 spiro atoms. The second kappa shape index (κ2) is 6.64. The molecule has 120 valence electrons. The zero-order valence-corrected chi connectivity index (χ0v) is 12.8. The molecule has 0 aliphatic heterocycles. The zero-order chi connectivity index (χ0) is 16.2. The van der Waals surface area contributed by atoms with Gasteiger partial charge < -0.3 is 13.9 Å². The summed E-state index contributed by atoms with van der Waals surface area (Å²) in [5.41, 5.74) is 1.67. The highest BCUT2D eigenvalue weighted by Gasteiger charge is 2.31. The summed E-state index contributed by atoms with van der Waals surface area (Å²) in [6.45, 7) is 0.257. The van der Waals surface area contributed by atoms with E-state index in [1.807, 2.05) is 30.3 Å². The van der Waals surface area contributed by atoms with Gasteiger partial charge in [-0.05, 0) is 18.4 Å². The number of ether oxygens (including phenoxy) is 2. The highest BCUT2D eigenvalue weighted by molar-refractivity contribution is 5.84. The first-order valence-electron chi connectivity index (χ1n) is 7.45. The van der Waals surface area contributed by atoms with Crippen molar-refractivity contribution < 1.29 is 23.5 Å². The number of carbonyl (C=O) groups excluding carboxylic acids is 2. The van der Waals surface area contributed by atoms with Crippen LogP contribution >= 0.6 is 0 Å². The first-order chi connectivity index (χ1) is 11.2. The lowest BCUT2D eigenvalue weighted by atomic mass is 9.90. The van der Waals surface area contributed by atoms with Crippen molar-refractivity contribution in [3.63, 3.8) is 0 Å². The predicted molar refractivity (Wildman–Crippen MR) is 79.6 cm³/mol. The summed E-state index contributed by atoms with van der Waals surface area (Å²) >= 11 is 0. The smallest absolute Gasteiger partial charge is 0.394 e. The van der Waals surface area contributed by atoms with Crippen molar-refractivity contribution in [2.24, 2.45) is 5.92 Å². The molecule has 23 heavy (non-hydrogen) atoms. The summed E-state index contributed by atoms with van der Waals surface area (Å²) in [5, 5.41) is 0. The number of hydrogen-bond acceptors (Lipinski definition) is 6. The Morgan fingerprint density at radius 2 is 2.09 bits per heavy atom. The minimum atomic E-state index is -0.609. The predicted octanol–water partition coefficient (Wildman–Crippen LogP) is 2.31. The second-order valence-corrected chi connectivity index (χ2v) is 5.41. The zero-order valence-electron chi connectivity index (χ0n) is 12.8. The van der Waals surface area contributed by atoms with E-state index in [1.165, 1.54) is 7.11 Å². The number of fused-ring (bicyclic) bond motifs is 1. The van der Waals surface area contributed by atoms with Gasteiger partial charge in [0, 0.05) is 6.42 Å². The third-order valence-corrected chi connectivity index (χ3v) is 3.86. The third kappa shape index (κ3) is 3.41. The van der Waals surface area contributed by atoms with Crippen LogP contribution in [0.25, 0.3) is 0 Å². The van der Waals surface area contributed by atoms with Crippen molar-refractivity contribution in [1.82, 2.24) is 4.98 Å². The normalized spacial score (nSPS) is 16.5. The van der Waals surface area contributed by atoms with Crippen molar-refractivity contribution in [2.75, 3.05) is 7.11 Å². The highest BCUT2D eigenvalue weighted by Crippen LogP contribution is 2.27. The van der Waals surface area contributed by atoms with Gasteiger partial charge in [-0.15, -0.1) is 0 Å². The standard InChI is InChI=1S/C17H17NO5/c1-21-17(20)15-18-13-8-7-12(9-14(13)23-15)16(19)22-10-11-5-3-2-4-6-11/h2-6,12H,7-10H2,1H3. The number of rotatable bonds is 4. The van der Waals surface area contributed by atoms with Crippen molar-refractivity contribution in [2.45, 2.75) is 25.9 Å². The summed E-state index contributed by atoms with van der Waals surface area (Å²) in [5.74, 6) is -0.628. The van der Waals surface area contributed by atoms with E-state index in [1.54, 1.807) is 0 Å². The lowest BCUT2D eigenvalue weighted by Gasteiger charge is -2.18. The highest BCUT2D eigenvalue weighted by atomic mass is 16.5. The molecule has 0 radical (unpaired) electrons. The van der Waals surface area contributed by atoms with Gasteiger partial charge in [0.1, 0.15) is 12.4 Å². The SMILES string of the molecule is COC(=O)c1nc2c(o1)CC(C(=O)OCc1ccccc1)CC2. The summed E-state index contributed by atoms with van der Waals surface area (Å²) in [6, 6.07) is 9.53. The Bertz CT molecular complexity index is 707. The largest absolute Gasteiger partial charge is 0.462 e. The van der Waals surface area contributed by atoms with Crippen molar-refractivity contribution in [3.05, 3.63) is 53.2 Å². The molecular formula is C17H17NO5. The van der Waals surface area contributed by atoms with Gasteiger partial charge in [-0.2, -0.15) is 0 Å². The van der Waals surface area contributed by atoms with E-state index in [0.29, 0.717) is 25.0 Å². The van der Waals surface area contributed by atoms with Gasteiger partial charge in [0.2, 0.25) is 0 Å². The van der Waals surface area contributed by atoms with E-state index in [2.05, 4.69) is 9.72 Å². The first kappa shape index (κ1) is 15.3. The lowest BCUT2D eigenvalue weighted by Crippen LogP contribution is -2.24. The van der Waals surface area contributed by atoms with E-state index in [0.717, 1.165) is 11.3 Å². The van der Waals surface area contributed by atoms with E-state index in [4.69, 9.17) is 9.15 Å². The number of methoxy groups -OCH3 is 1. The van der Waals surface area contributed by atoms with E-state index in [-0.39, 0.29) is 24.4 Å². The van der Waals surface area contributed by atoms with Gasteiger partial charge >= 0.3 is 17.8 Å². The molecule has 1 aromatic heterocycles. The van der Waals surface area contributed by atoms with Gasteiger partial charge in [0.25, 0.3) is 0 Å². The topological polar surface area (TPSA) is 78.6 Å². The maximum absolute atomic E-state index is 12.2. The number of esters is 2. The van der Waals surface area contributed by atoms with Crippen LogP contribution in [0.1, 0.15) is 34.1 Å². The maximum Gasteiger partial charge on any atom is 0.394 e. The molecule has 0 saturated carbocycles. The van der Waals surface area contributed by atoms with Gasteiger partial charge in [-0.1, -0.05) is 30.3 Å². The fourth-order valence-electron chi connectivity index (χ4n) is 2.60. The fourth-order valence-corrected chi connectivity index (χ4v) is 2.60. The number of nitrogens with zero attached hydrogens (tertiary/aromatic N) is 1. The van der Waals surface area contributed by atoms with E-state index >= 15 is 0 Å². The Kier molecular flexibility index (Phi) is 4.41. The average Bonchev–Trinajstić information content (AvgIpc) is 3.03. The number of carbonyl (C=O) groups is 2. The Morgan fingerprint density at radius 1 is 1.30 bits per heavy atom. The molecule has 1 aliphatic carbocycles. The first-order valence-corrected chi connectivity index (χ1v) is 7.45.